The van der Waals surface area contributed by atoms with Crippen molar-refractivity contribution in [2.24, 2.45) is 0 Å². The first-order valence-electron chi connectivity index (χ1n) is 27.3. The number of nitrogens with zero attached hydrogens (tertiary/aromatic N) is 1. The van der Waals surface area contributed by atoms with Gasteiger partial charge in [-0.15, -0.1) is 0 Å². The second-order valence-corrected chi connectivity index (χ2v) is 19.5. The molecule has 0 aromatic heterocycles. The van der Waals surface area contributed by atoms with Crippen molar-refractivity contribution < 1.29 is 38.2 Å². The molecule has 0 aliphatic rings. The number of aliphatic carboxylic acids is 1. The predicted octanol–water partition coefficient (Wildman–Crippen LogP) is 14.8. The van der Waals surface area contributed by atoms with Crippen LogP contribution in [0.2, 0.25) is 0 Å². The van der Waals surface area contributed by atoms with Crippen LogP contribution < -0.4 is 5.11 Å². The van der Waals surface area contributed by atoms with Crippen molar-refractivity contribution in [2.75, 3.05) is 41.0 Å². The van der Waals surface area contributed by atoms with Gasteiger partial charge < -0.3 is 28.6 Å². The largest absolute Gasteiger partial charge is 0.544 e. The van der Waals surface area contributed by atoms with E-state index in [1.54, 1.807) is 21.1 Å². The molecule has 0 rings (SSSR count). The van der Waals surface area contributed by atoms with E-state index in [9.17, 15) is 19.5 Å². The van der Waals surface area contributed by atoms with E-state index in [2.05, 4.69) is 74.6 Å². The van der Waals surface area contributed by atoms with Gasteiger partial charge in [0.1, 0.15) is 12.6 Å². The van der Waals surface area contributed by atoms with Crippen molar-refractivity contribution in [3.63, 3.8) is 0 Å². The van der Waals surface area contributed by atoms with E-state index in [0.29, 0.717) is 12.8 Å². The third-order valence-electron chi connectivity index (χ3n) is 12.1. The number of hydrogen-bond donors (Lipinski definition) is 0. The number of carboxylic acid groups (broad SMARTS) is 1. The fraction of sp³-hybridized carbons (Fsp3) is 0.776. The molecule has 66 heavy (non-hydrogen) atoms. The van der Waals surface area contributed by atoms with Crippen LogP contribution in [0, 0.1) is 0 Å². The average Bonchev–Trinajstić information content (AvgIpc) is 3.28. The Morgan fingerprint density at radius 3 is 1.23 bits per heavy atom. The standard InChI is InChI=1S/C58H103NO7/c1-6-8-10-12-14-16-18-20-22-24-26-28-30-32-34-36-38-40-42-44-46-48-56(60)65-53-54(52-64-51-50-55(58(62)63)59(3,4)5)66-57(61)49-47-45-43-41-39-37-35-33-31-29-27-25-23-21-19-17-15-13-11-9-7-2/h15,17,21,23,27-30,33,35,54-55H,6-14,16,18-20,22,24-26,31-32,34,36-53H2,1-5H3/b17-15+,23-21+,29-27+,30-28+,35-33+. The molecule has 0 aliphatic heterocycles. The fourth-order valence-electron chi connectivity index (χ4n) is 7.87. The lowest BCUT2D eigenvalue weighted by atomic mass is 10.1. The summed E-state index contributed by atoms with van der Waals surface area (Å²) in [4.78, 5) is 37.1. The topological polar surface area (TPSA) is 102 Å². The molecule has 8 nitrogen and oxygen atoms in total. The van der Waals surface area contributed by atoms with Crippen LogP contribution in [0.4, 0.5) is 0 Å². The predicted molar refractivity (Wildman–Crippen MR) is 277 cm³/mol. The molecule has 0 N–H and O–H groups in total. The quantitative estimate of drug-likeness (QED) is 0.0259. The number of carbonyl (C=O) groups is 3. The second-order valence-electron chi connectivity index (χ2n) is 19.5. The molecule has 0 radical (unpaired) electrons. The monoisotopic (exact) mass is 926 g/mol. The summed E-state index contributed by atoms with van der Waals surface area (Å²) in [6, 6.07) is -0.733. The molecule has 0 heterocycles. The Morgan fingerprint density at radius 1 is 0.455 bits per heavy atom. The number of hydrogen-bond acceptors (Lipinski definition) is 7. The van der Waals surface area contributed by atoms with Gasteiger partial charge in [0.15, 0.2) is 6.10 Å². The van der Waals surface area contributed by atoms with Crippen LogP contribution in [-0.4, -0.2) is 75.5 Å². The van der Waals surface area contributed by atoms with Crippen LogP contribution in [0.15, 0.2) is 60.8 Å². The van der Waals surface area contributed by atoms with Gasteiger partial charge in [0.05, 0.1) is 40.3 Å². The highest BCUT2D eigenvalue weighted by atomic mass is 16.6. The van der Waals surface area contributed by atoms with Gasteiger partial charge in [0.2, 0.25) is 0 Å². The number of allylic oxidation sites excluding steroid dienone is 10. The molecule has 2 unspecified atom stereocenters. The highest BCUT2D eigenvalue weighted by molar-refractivity contribution is 5.70. The zero-order valence-electron chi connectivity index (χ0n) is 43.6. The molecule has 0 saturated heterocycles. The third-order valence-corrected chi connectivity index (χ3v) is 12.1. The number of carbonyl (C=O) groups excluding carboxylic acids is 3. The molecule has 0 aromatic rings. The van der Waals surface area contributed by atoms with E-state index in [4.69, 9.17) is 14.2 Å². The van der Waals surface area contributed by atoms with E-state index >= 15 is 0 Å². The summed E-state index contributed by atoms with van der Waals surface area (Å²) in [6.45, 7) is 4.63. The minimum Gasteiger partial charge on any atom is -0.544 e. The van der Waals surface area contributed by atoms with Crippen LogP contribution in [0.1, 0.15) is 239 Å². The normalized spacial score (nSPS) is 13.3. The van der Waals surface area contributed by atoms with Gasteiger partial charge in [-0.05, 0) is 83.5 Å². The van der Waals surface area contributed by atoms with E-state index in [0.717, 1.165) is 77.0 Å². The first-order valence-corrected chi connectivity index (χ1v) is 27.3. The fourth-order valence-corrected chi connectivity index (χ4v) is 7.87. The lowest BCUT2D eigenvalue weighted by Crippen LogP contribution is -2.55. The van der Waals surface area contributed by atoms with E-state index in [1.165, 1.54) is 128 Å². The van der Waals surface area contributed by atoms with Gasteiger partial charge in [-0.25, -0.2) is 0 Å². The Morgan fingerprint density at radius 2 is 0.803 bits per heavy atom. The third kappa shape index (κ3) is 46.2. The minimum absolute atomic E-state index is 0.0303. The number of unbranched alkanes of at least 4 members (excludes halogenated alkanes) is 25. The molecule has 8 heteroatoms. The average molecular weight is 926 g/mol. The first-order chi connectivity index (χ1) is 32.1. The molecule has 0 bridgehead atoms. The summed E-state index contributed by atoms with van der Waals surface area (Å²) in [7, 11) is 5.41. The van der Waals surface area contributed by atoms with Crippen LogP contribution in [-0.2, 0) is 28.6 Å². The molecule has 2 atom stereocenters. The number of likely N-dealkylation sites (N-methyl/N-ethyl adjacent to an activating group) is 1. The summed E-state index contributed by atoms with van der Waals surface area (Å²) >= 11 is 0. The zero-order chi connectivity index (χ0) is 48.4. The Labute approximate surface area is 407 Å². The summed E-state index contributed by atoms with van der Waals surface area (Å²) in [5.41, 5.74) is 0. The van der Waals surface area contributed by atoms with Crippen molar-refractivity contribution in [3.8, 4) is 0 Å². The summed E-state index contributed by atoms with van der Waals surface area (Å²) in [5.74, 6) is -1.76. The van der Waals surface area contributed by atoms with Crippen LogP contribution in [0.5, 0.6) is 0 Å². The van der Waals surface area contributed by atoms with E-state index in [-0.39, 0.29) is 42.7 Å². The van der Waals surface area contributed by atoms with Crippen molar-refractivity contribution in [1.82, 2.24) is 0 Å². The molecule has 0 spiro atoms. The molecule has 0 aromatic carbocycles. The minimum atomic E-state index is -1.13. The van der Waals surface area contributed by atoms with Gasteiger partial charge >= 0.3 is 11.9 Å². The lowest BCUT2D eigenvalue weighted by Gasteiger charge is -2.34. The Kier molecular flexibility index (Phi) is 46.3. The summed E-state index contributed by atoms with van der Waals surface area (Å²) in [6.07, 6.45) is 61.1. The SMILES string of the molecule is CCCCC/C=C/C/C=C/C/C=C/C/C=C/CCCCCCCC(=O)OC(COCCC(C(=O)[O-])[N+](C)(C)C)COC(=O)CCCCCCCCC/C=C/CCCCCCCCCCCC. The Bertz CT molecular complexity index is 1260. The molecule has 382 valence electrons. The molecular weight excluding hydrogens is 823 g/mol. The van der Waals surface area contributed by atoms with Gasteiger partial charge in [-0.1, -0.05) is 197 Å². The Hall–Kier alpha value is -2.97. The van der Waals surface area contributed by atoms with Crippen molar-refractivity contribution in [2.45, 2.75) is 251 Å². The van der Waals surface area contributed by atoms with Crippen LogP contribution in [0.3, 0.4) is 0 Å². The van der Waals surface area contributed by atoms with Gasteiger partial charge in [0.25, 0.3) is 0 Å². The number of esters is 2. The zero-order valence-corrected chi connectivity index (χ0v) is 43.6. The molecular formula is C58H103NO7. The maximum absolute atomic E-state index is 12.8. The molecule has 0 amide bonds. The van der Waals surface area contributed by atoms with Crippen molar-refractivity contribution in [1.29, 1.82) is 0 Å². The molecule has 0 aliphatic carbocycles. The van der Waals surface area contributed by atoms with Gasteiger partial charge in [0, 0.05) is 19.3 Å². The van der Waals surface area contributed by atoms with Crippen LogP contribution >= 0.6 is 0 Å². The molecule has 0 saturated carbocycles. The van der Waals surface area contributed by atoms with Gasteiger partial charge in [-0.2, -0.15) is 0 Å². The summed E-state index contributed by atoms with van der Waals surface area (Å²) in [5, 5.41) is 11.7. The van der Waals surface area contributed by atoms with E-state index < -0.39 is 18.1 Å². The Balaban J connectivity index is 4.26. The number of rotatable bonds is 49. The highest BCUT2D eigenvalue weighted by Gasteiger charge is 2.25. The summed E-state index contributed by atoms with van der Waals surface area (Å²) < 4.78 is 17.3. The van der Waals surface area contributed by atoms with Gasteiger partial charge in [-0.3, -0.25) is 9.59 Å². The smallest absolute Gasteiger partial charge is 0.306 e. The number of ether oxygens (including phenoxy) is 3. The van der Waals surface area contributed by atoms with Crippen molar-refractivity contribution >= 4 is 17.9 Å². The van der Waals surface area contributed by atoms with Crippen LogP contribution in [0.25, 0.3) is 0 Å². The number of carboxylic acids is 1. The highest BCUT2D eigenvalue weighted by Crippen LogP contribution is 2.15. The maximum atomic E-state index is 12.8. The number of quaternary nitrogens is 1. The maximum Gasteiger partial charge on any atom is 0.306 e. The second kappa shape index (κ2) is 48.5. The molecule has 0 fully saturated rings. The lowest BCUT2D eigenvalue weighted by molar-refractivity contribution is -0.889. The van der Waals surface area contributed by atoms with Crippen molar-refractivity contribution in [3.05, 3.63) is 60.8 Å². The first kappa shape index (κ1) is 63.0. The van der Waals surface area contributed by atoms with E-state index in [1.807, 2.05) is 0 Å².